The number of carbonyl (C=O) groups is 1. The van der Waals surface area contributed by atoms with Crippen LogP contribution in [-0.2, 0) is 0 Å². The van der Waals surface area contributed by atoms with Crippen LogP contribution in [0.1, 0.15) is 23.2 Å². The SMILES string of the molecule is O=C(NNC(=S)Nc1ccc(F)cc1)c1ccc(NC2CC2)c([N+](=O)[O-])c1. The zero-order valence-corrected chi connectivity index (χ0v) is 14.8. The van der Waals surface area contributed by atoms with Crippen LogP contribution >= 0.6 is 12.2 Å². The Morgan fingerprint density at radius 3 is 2.48 bits per heavy atom. The number of halogens is 1. The number of nitrogens with zero attached hydrogens (tertiary/aromatic N) is 1. The molecule has 0 spiro atoms. The molecule has 1 fully saturated rings. The molecule has 27 heavy (non-hydrogen) atoms. The highest BCUT2D eigenvalue weighted by Gasteiger charge is 2.25. The fourth-order valence-corrected chi connectivity index (χ4v) is 2.44. The monoisotopic (exact) mass is 389 g/mol. The molecule has 0 saturated heterocycles. The maximum Gasteiger partial charge on any atom is 0.293 e. The molecule has 1 saturated carbocycles. The molecule has 2 aromatic carbocycles. The number of nitro benzene ring substituents is 1. The van der Waals surface area contributed by atoms with Crippen molar-refractivity contribution in [2.45, 2.75) is 18.9 Å². The standard InChI is InChI=1S/C17H16FN5O3S/c18-11-2-4-13(5-3-11)20-17(27)22-21-16(24)10-1-8-14(19-12-6-7-12)15(9-10)23(25)26/h1-5,8-9,12,19H,6-7H2,(H,21,24)(H2,20,22,27). The number of hydrazine groups is 1. The lowest BCUT2D eigenvalue weighted by Crippen LogP contribution is -2.43. The molecule has 0 aromatic heterocycles. The number of carbonyl (C=O) groups excluding carboxylic acids is 1. The summed E-state index contributed by atoms with van der Waals surface area (Å²) in [6, 6.07) is 9.96. The molecule has 8 nitrogen and oxygen atoms in total. The Bertz CT molecular complexity index is 887. The van der Waals surface area contributed by atoms with Crippen LogP contribution in [0.4, 0.5) is 21.5 Å². The minimum absolute atomic E-state index is 0.0801. The van der Waals surface area contributed by atoms with Crippen LogP contribution in [0.3, 0.4) is 0 Å². The molecule has 0 heterocycles. The number of hydrogen-bond donors (Lipinski definition) is 4. The molecule has 0 radical (unpaired) electrons. The van der Waals surface area contributed by atoms with E-state index in [0.29, 0.717) is 11.4 Å². The van der Waals surface area contributed by atoms with Gasteiger partial charge in [-0.15, -0.1) is 0 Å². The van der Waals surface area contributed by atoms with Gasteiger partial charge >= 0.3 is 0 Å². The maximum atomic E-state index is 12.9. The fraction of sp³-hybridized carbons (Fsp3) is 0.176. The number of benzene rings is 2. The highest BCUT2D eigenvalue weighted by atomic mass is 32.1. The van der Waals surface area contributed by atoms with Gasteiger partial charge in [-0.3, -0.25) is 25.8 Å². The molecule has 0 atom stereocenters. The lowest BCUT2D eigenvalue weighted by Gasteiger charge is -2.12. The molecule has 0 unspecified atom stereocenters. The smallest absolute Gasteiger partial charge is 0.293 e. The second-order valence-corrected chi connectivity index (χ2v) is 6.36. The number of hydrogen-bond acceptors (Lipinski definition) is 5. The van der Waals surface area contributed by atoms with Gasteiger partial charge in [-0.05, 0) is 61.5 Å². The van der Waals surface area contributed by atoms with Crippen LogP contribution < -0.4 is 21.5 Å². The minimum atomic E-state index is -0.584. The van der Waals surface area contributed by atoms with E-state index in [-0.39, 0.29) is 28.2 Å². The summed E-state index contributed by atoms with van der Waals surface area (Å²) in [5.41, 5.74) is 5.72. The normalized spacial score (nSPS) is 12.8. The maximum absolute atomic E-state index is 12.9. The largest absolute Gasteiger partial charge is 0.377 e. The van der Waals surface area contributed by atoms with Crippen LogP contribution in [0, 0.1) is 15.9 Å². The van der Waals surface area contributed by atoms with Gasteiger partial charge in [0.2, 0.25) is 0 Å². The van der Waals surface area contributed by atoms with Gasteiger partial charge in [0.1, 0.15) is 11.5 Å². The van der Waals surface area contributed by atoms with Crippen molar-refractivity contribution in [3.05, 3.63) is 64.0 Å². The molecule has 4 N–H and O–H groups in total. The number of thiocarbonyl (C=S) groups is 1. The summed E-state index contributed by atoms with van der Waals surface area (Å²) >= 11 is 5.03. The van der Waals surface area contributed by atoms with Crippen molar-refractivity contribution < 1.29 is 14.1 Å². The first-order chi connectivity index (χ1) is 12.9. The molecule has 10 heteroatoms. The van der Waals surface area contributed by atoms with Crippen molar-refractivity contribution in [3.8, 4) is 0 Å². The van der Waals surface area contributed by atoms with Gasteiger partial charge < -0.3 is 10.6 Å². The predicted octanol–water partition coefficient (Wildman–Crippen LogP) is 2.94. The van der Waals surface area contributed by atoms with E-state index in [9.17, 15) is 19.3 Å². The number of rotatable bonds is 5. The molecule has 1 amide bonds. The first-order valence-corrected chi connectivity index (χ1v) is 8.51. The van der Waals surface area contributed by atoms with Crippen molar-refractivity contribution in [2.75, 3.05) is 10.6 Å². The fourth-order valence-electron chi connectivity index (χ4n) is 2.27. The van der Waals surface area contributed by atoms with E-state index in [1.807, 2.05) is 0 Å². The van der Waals surface area contributed by atoms with Crippen molar-refractivity contribution in [2.24, 2.45) is 0 Å². The first kappa shape index (κ1) is 18.5. The highest BCUT2D eigenvalue weighted by molar-refractivity contribution is 7.80. The summed E-state index contributed by atoms with van der Waals surface area (Å²) in [7, 11) is 0. The molecule has 2 aromatic rings. The van der Waals surface area contributed by atoms with E-state index in [1.165, 1.54) is 42.5 Å². The summed E-state index contributed by atoms with van der Waals surface area (Å²) in [6.45, 7) is 0. The average molecular weight is 389 g/mol. The van der Waals surface area contributed by atoms with Gasteiger partial charge in [0.15, 0.2) is 5.11 Å². The Hall–Kier alpha value is -3.27. The van der Waals surface area contributed by atoms with Gasteiger partial charge in [0.05, 0.1) is 4.92 Å². The lowest BCUT2D eigenvalue weighted by atomic mass is 10.1. The van der Waals surface area contributed by atoms with E-state index < -0.39 is 10.8 Å². The van der Waals surface area contributed by atoms with Gasteiger partial charge in [0.25, 0.3) is 11.6 Å². The number of amides is 1. The summed E-state index contributed by atoms with van der Waals surface area (Å²) in [5, 5.41) is 17.2. The minimum Gasteiger partial charge on any atom is -0.377 e. The summed E-state index contributed by atoms with van der Waals surface area (Å²) < 4.78 is 12.9. The molecule has 140 valence electrons. The van der Waals surface area contributed by atoms with Crippen LogP contribution in [-0.4, -0.2) is 22.0 Å². The Morgan fingerprint density at radius 2 is 1.85 bits per heavy atom. The first-order valence-electron chi connectivity index (χ1n) is 8.10. The quantitative estimate of drug-likeness (QED) is 0.354. The molecular formula is C17H16FN5O3S. The van der Waals surface area contributed by atoms with Crippen molar-refractivity contribution in [1.82, 2.24) is 10.9 Å². The van der Waals surface area contributed by atoms with E-state index in [0.717, 1.165) is 12.8 Å². The second kappa shape index (κ2) is 7.96. The summed E-state index contributed by atoms with van der Waals surface area (Å²) in [6.07, 6.45) is 1.95. The second-order valence-electron chi connectivity index (χ2n) is 5.95. The van der Waals surface area contributed by atoms with E-state index in [4.69, 9.17) is 12.2 Å². The Kier molecular flexibility index (Phi) is 5.46. The third-order valence-corrected chi connectivity index (χ3v) is 3.99. The average Bonchev–Trinajstić information content (AvgIpc) is 3.46. The Balaban J connectivity index is 1.59. The number of nitrogens with one attached hydrogen (secondary N) is 4. The molecule has 1 aliphatic carbocycles. The zero-order valence-electron chi connectivity index (χ0n) is 14.0. The number of anilines is 2. The van der Waals surface area contributed by atoms with Crippen molar-refractivity contribution in [1.29, 1.82) is 0 Å². The number of nitro groups is 1. The van der Waals surface area contributed by atoms with E-state index in [1.54, 1.807) is 0 Å². The highest BCUT2D eigenvalue weighted by Crippen LogP contribution is 2.31. The van der Waals surface area contributed by atoms with Crippen LogP contribution in [0.25, 0.3) is 0 Å². The van der Waals surface area contributed by atoms with Crippen molar-refractivity contribution in [3.63, 3.8) is 0 Å². The molecular weight excluding hydrogens is 373 g/mol. The van der Waals surface area contributed by atoms with Crippen molar-refractivity contribution >= 4 is 40.3 Å². The van der Waals surface area contributed by atoms with Crippen LogP contribution in [0.2, 0.25) is 0 Å². The Labute approximate surface area is 159 Å². The van der Waals surface area contributed by atoms with E-state index >= 15 is 0 Å². The van der Waals surface area contributed by atoms with Gasteiger partial charge in [-0.1, -0.05) is 0 Å². The lowest BCUT2D eigenvalue weighted by molar-refractivity contribution is -0.384. The summed E-state index contributed by atoms with van der Waals surface area (Å²) in [5.74, 6) is -0.965. The molecule has 1 aliphatic rings. The molecule has 3 rings (SSSR count). The third kappa shape index (κ3) is 5.11. The molecule has 0 bridgehead atoms. The Morgan fingerprint density at radius 1 is 1.15 bits per heavy atom. The van der Waals surface area contributed by atoms with Gasteiger partial charge in [-0.2, -0.15) is 0 Å². The van der Waals surface area contributed by atoms with Gasteiger partial charge in [0, 0.05) is 23.4 Å². The van der Waals surface area contributed by atoms with Crippen LogP contribution in [0.5, 0.6) is 0 Å². The van der Waals surface area contributed by atoms with Crippen LogP contribution in [0.15, 0.2) is 42.5 Å². The van der Waals surface area contributed by atoms with Gasteiger partial charge in [-0.25, -0.2) is 4.39 Å². The molecule has 0 aliphatic heterocycles. The van der Waals surface area contributed by atoms with E-state index in [2.05, 4.69) is 21.5 Å². The third-order valence-electron chi connectivity index (χ3n) is 3.79. The topological polar surface area (TPSA) is 108 Å². The summed E-state index contributed by atoms with van der Waals surface area (Å²) in [4.78, 5) is 22.9. The predicted molar refractivity (Wildman–Crippen MR) is 103 cm³/mol. The zero-order chi connectivity index (χ0) is 19.4.